The second-order valence-corrected chi connectivity index (χ2v) is 5.54. The molecule has 19 heavy (non-hydrogen) atoms. The van der Waals surface area contributed by atoms with Crippen molar-refractivity contribution in [1.82, 2.24) is 4.90 Å². The van der Waals surface area contributed by atoms with Crippen LogP contribution in [-0.4, -0.2) is 36.6 Å². The molecular weight excluding hydrogens is 238 g/mol. The summed E-state index contributed by atoms with van der Waals surface area (Å²) in [6.07, 6.45) is 9.71. The lowest BCUT2D eigenvalue weighted by Gasteiger charge is -2.35. The van der Waals surface area contributed by atoms with Gasteiger partial charge in [-0.3, -0.25) is 4.79 Å². The molecule has 0 aromatic rings. The Labute approximate surface area is 116 Å². The maximum atomic E-state index is 11.1. The molecule has 1 amide bonds. The van der Waals surface area contributed by atoms with E-state index < -0.39 is 0 Å². The summed E-state index contributed by atoms with van der Waals surface area (Å²) in [5.74, 6) is 0. The van der Waals surface area contributed by atoms with E-state index in [9.17, 15) is 4.79 Å². The quantitative estimate of drug-likeness (QED) is 0.566. The van der Waals surface area contributed by atoms with Crippen molar-refractivity contribution in [2.75, 3.05) is 13.2 Å². The Bertz CT molecular complexity index is 362. The number of rotatable bonds is 2. The summed E-state index contributed by atoms with van der Waals surface area (Å²) in [6, 6.07) is 0.274. The first-order valence-corrected chi connectivity index (χ1v) is 7.42. The number of carbonyl (C=O) groups is 1. The van der Waals surface area contributed by atoms with Gasteiger partial charge in [0.15, 0.2) is 0 Å². The molecule has 2 aliphatic rings. The van der Waals surface area contributed by atoms with Gasteiger partial charge in [-0.05, 0) is 44.6 Å². The number of nitrogens with zero attached hydrogens (tertiary/aromatic N) is 1. The van der Waals surface area contributed by atoms with E-state index in [2.05, 4.69) is 13.5 Å². The van der Waals surface area contributed by atoms with Crippen LogP contribution in [0.5, 0.6) is 0 Å². The fraction of sp³-hybridized carbons (Fsp3) is 0.688. The molecule has 0 aliphatic carbocycles. The third-order valence-corrected chi connectivity index (χ3v) is 4.45. The predicted octanol–water partition coefficient (Wildman–Crippen LogP) is 3.07. The van der Waals surface area contributed by atoms with E-state index >= 15 is 0 Å². The van der Waals surface area contributed by atoms with Gasteiger partial charge in [-0.25, -0.2) is 0 Å². The molecule has 0 radical (unpaired) electrons. The van der Waals surface area contributed by atoms with Crippen molar-refractivity contribution in [2.24, 2.45) is 0 Å². The van der Waals surface area contributed by atoms with Gasteiger partial charge in [-0.15, -0.1) is 6.58 Å². The lowest BCUT2D eigenvalue weighted by atomic mass is 9.88. The van der Waals surface area contributed by atoms with Crippen LogP contribution in [0.15, 0.2) is 23.8 Å². The number of amides is 1. The first-order valence-electron chi connectivity index (χ1n) is 7.42. The SMILES string of the molecule is C=CC1CCCCC2=C(CCO1)CCN(C=O)[C@@H]2C. The van der Waals surface area contributed by atoms with Gasteiger partial charge in [0.05, 0.1) is 18.8 Å². The zero-order valence-corrected chi connectivity index (χ0v) is 11.9. The van der Waals surface area contributed by atoms with Crippen molar-refractivity contribution in [1.29, 1.82) is 0 Å². The topological polar surface area (TPSA) is 29.5 Å². The van der Waals surface area contributed by atoms with E-state index in [4.69, 9.17) is 4.74 Å². The van der Waals surface area contributed by atoms with Gasteiger partial charge in [0.25, 0.3) is 0 Å². The van der Waals surface area contributed by atoms with E-state index in [1.165, 1.54) is 24.0 Å². The smallest absolute Gasteiger partial charge is 0.210 e. The van der Waals surface area contributed by atoms with Gasteiger partial charge < -0.3 is 9.64 Å². The Morgan fingerprint density at radius 1 is 1.32 bits per heavy atom. The minimum atomic E-state index is 0.217. The average Bonchev–Trinajstić information content (AvgIpc) is 2.44. The minimum absolute atomic E-state index is 0.217. The summed E-state index contributed by atoms with van der Waals surface area (Å²) in [6.45, 7) is 7.63. The summed E-state index contributed by atoms with van der Waals surface area (Å²) >= 11 is 0. The summed E-state index contributed by atoms with van der Waals surface area (Å²) in [5, 5.41) is 0. The Balaban J connectivity index is 2.09. The van der Waals surface area contributed by atoms with E-state index in [0.717, 1.165) is 45.2 Å². The fourth-order valence-electron chi connectivity index (χ4n) is 3.19. The van der Waals surface area contributed by atoms with Crippen molar-refractivity contribution < 1.29 is 9.53 Å². The molecule has 0 aromatic heterocycles. The summed E-state index contributed by atoms with van der Waals surface area (Å²) < 4.78 is 5.87. The molecule has 3 heteroatoms. The molecule has 2 aliphatic heterocycles. The van der Waals surface area contributed by atoms with E-state index in [-0.39, 0.29) is 12.1 Å². The first-order chi connectivity index (χ1) is 9.26. The molecule has 3 nitrogen and oxygen atoms in total. The molecule has 2 rings (SSSR count). The number of hydrogen-bond acceptors (Lipinski definition) is 2. The molecule has 1 unspecified atom stereocenters. The van der Waals surface area contributed by atoms with Crippen molar-refractivity contribution >= 4 is 6.41 Å². The zero-order chi connectivity index (χ0) is 13.7. The van der Waals surface area contributed by atoms with Crippen LogP contribution in [0.1, 0.15) is 45.4 Å². The molecule has 106 valence electrons. The zero-order valence-electron chi connectivity index (χ0n) is 11.9. The third kappa shape index (κ3) is 3.47. The highest BCUT2D eigenvalue weighted by atomic mass is 16.5. The summed E-state index contributed by atoms with van der Waals surface area (Å²) in [5.41, 5.74) is 3.01. The molecule has 0 N–H and O–H groups in total. The van der Waals surface area contributed by atoms with Gasteiger partial charge in [0.2, 0.25) is 6.41 Å². The second kappa shape index (κ2) is 6.90. The van der Waals surface area contributed by atoms with Gasteiger partial charge in [-0.1, -0.05) is 18.1 Å². The van der Waals surface area contributed by atoms with Crippen molar-refractivity contribution in [3.63, 3.8) is 0 Å². The normalized spacial score (nSPS) is 29.6. The lowest BCUT2D eigenvalue weighted by molar-refractivity contribution is -0.119. The van der Waals surface area contributed by atoms with Gasteiger partial charge in [-0.2, -0.15) is 0 Å². The van der Waals surface area contributed by atoms with Crippen molar-refractivity contribution in [3.8, 4) is 0 Å². The Hall–Kier alpha value is -1.09. The van der Waals surface area contributed by atoms with Gasteiger partial charge in [0, 0.05) is 6.54 Å². The van der Waals surface area contributed by atoms with Crippen LogP contribution in [0.4, 0.5) is 0 Å². The standard InChI is InChI=1S/C16H25NO2/c1-3-15-6-4-5-7-16-13(2)17(12-18)10-8-14(16)9-11-19-15/h3,12-13,15H,1,4-11H2,2H3/t13-,15?/m1/s1. The van der Waals surface area contributed by atoms with E-state index in [1.54, 1.807) is 0 Å². The van der Waals surface area contributed by atoms with Crippen LogP contribution < -0.4 is 0 Å². The van der Waals surface area contributed by atoms with Crippen molar-refractivity contribution in [3.05, 3.63) is 23.8 Å². The maximum Gasteiger partial charge on any atom is 0.210 e. The highest BCUT2D eigenvalue weighted by molar-refractivity contribution is 5.50. The van der Waals surface area contributed by atoms with Crippen LogP contribution in [0, 0.1) is 0 Å². The van der Waals surface area contributed by atoms with Gasteiger partial charge in [0.1, 0.15) is 0 Å². The molecule has 0 fully saturated rings. The number of carbonyl (C=O) groups excluding carboxylic acids is 1. The Kier molecular flexibility index (Phi) is 5.20. The Morgan fingerprint density at radius 2 is 2.16 bits per heavy atom. The molecule has 2 heterocycles. The molecule has 0 saturated carbocycles. The minimum Gasteiger partial charge on any atom is -0.374 e. The molecule has 2 atom stereocenters. The third-order valence-electron chi connectivity index (χ3n) is 4.45. The van der Waals surface area contributed by atoms with E-state index in [0.29, 0.717) is 0 Å². The van der Waals surface area contributed by atoms with Crippen LogP contribution in [-0.2, 0) is 9.53 Å². The largest absolute Gasteiger partial charge is 0.374 e. The van der Waals surface area contributed by atoms with Crippen LogP contribution in [0.25, 0.3) is 0 Å². The molecule has 0 spiro atoms. The fourth-order valence-corrected chi connectivity index (χ4v) is 3.19. The first kappa shape index (κ1) is 14.3. The van der Waals surface area contributed by atoms with Crippen LogP contribution >= 0.6 is 0 Å². The summed E-state index contributed by atoms with van der Waals surface area (Å²) in [7, 11) is 0. The average molecular weight is 263 g/mol. The highest BCUT2D eigenvalue weighted by Gasteiger charge is 2.25. The van der Waals surface area contributed by atoms with Crippen LogP contribution in [0.2, 0.25) is 0 Å². The molecule has 0 aromatic carbocycles. The number of hydrogen-bond donors (Lipinski definition) is 0. The highest BCUT2D eigenvalue weighted by Crippen LogP contribution is 2.30. The molecule has 0 bridgehead atoms. The van der Waals surface area contributed by atoms with Crippen molar-refractivity contribution in [2.45, 2.75) is 57.6 Å². The Morgan fingerprint density at radius 3 is 2.89 bits per heavy atom. The monoisotopic (exact) mass is 263 g/mol. The van der Waals surface area contributed by atoms with Gasteiger partial charge >= 0.3 is 0 Å². The molecule has 0 saturated heterocycles. The van der Waals surface area contributed by atoms with Crippen LogP contribution in [0.3, 0.4) is 0 Å². The lowest BCUT2D eigenvalue weighted by Crippen LogP contribution is -2.38. The summed E-state index contributed by atoms with van der Waals surface area (Å²) in [4.78, 5) is 13.0. The van der Waals surface area contributed by atoms with E-state index in [1.807, 2.05) is 11.0 Å². The maximum absolute atomic E-state index is 11.1. The second-order valence-electron chi connectivity index (χ2n) is 5.54. The molecular formula is C16H25NO2. The predicted molar refractivity (Wildman–Crippen MR) is 76.9 cm³/mol. The number of ether oxygens (including phenoxy) is 1.